The van der Waals surface area contributed by atoms with Crippen LogP contribution < -0.4 is 14.8 Å². The summed E-state index contributed by atoms with van der Waals surface area (Å²) in [4.78, 5) is 13.0. The van der Waals surface area contributed by atoms with Crippen molar-refractivity contribution in [2.24, 2.45) is 0 Å². The SMILES string of the molecule is CCc1ccc(S(=O)(=O)N[C@@H]2c3cc(C(=O)Nc4cccc(CO)c4)ccc3OC(C)(C)[C@H]2O)cc1. The van der Waals surface area contributed by atoms with Crippen molar-refractivity contribution in [2.45, 2.75) is 56.4 Å². The molecule has 0 spiro atoms. The molecule has 2 atom stereocenters. The summed E-state index contributed by atoms with van der Waals surface area (Å²) in [5.41, 5.74) is 1.70. The number of aliphatic hydroxyl groups is 2. The highest BCUT2D eigenvalue weighted by molar-refractivity contribution is 7.89. The fourth-order valence-corrected chi connectivity index (χ4v) is 5.38. The summed E-state index contributed by atoms with van der Waals surface area (Å²) in [7, 11) is -3.99. The number of aryl methyl sites for hydroxylation is 1. The first-order chi connectivity index (χ1) is 17.0. The summed E-state index contributed by atoms with van der Waals surface area (Å²) in [5.74, 6) is -0.0536. The largest absolute Gasteiger partial charge is 0.485 e. The highest BCUT2D eigenvalue weighted by Gasteiger charge is 2.44. The maximum Gasteiger partial charge on any atom is 0.255 e. The molecule has 3 aromatic carbocycles. The molecular formula is C27H30N2O6S. The number of benzene rings is 3. The van der Waals surface area contributed by atoms with E-state index in [2.05, 4.69) is 10.0 Å². The van der Waals surface area contributed by atoms with E-state index in [1.54, 1.807) is 62.4 Å². The zero-order valence-electron chi connectivity index (χ0n) is 20.4. The van der Waals surface area contributed by atoms with Crippen molar-refractivity contribution in [3.05, 3.63) is 89.0 Å². The molecule has 0 bridgehead atoms. The van der Waals surface area contributed by atoms with Crippen molar-refractivity contribution < 1.29 is 28.2 Å². The molecule has 0 saturated heterocycles. The van der Waals surface area contributed by atoms with Crippen LogP contribution in [0.2, 0.25) is 0 Å². The van der Waals surface area contributed by atoms with Gasteiger partial charge in [0.15, 0.2) is 0 Å². The van der Waals surface area contributed by atoms with Crippen LogP contribution in [-0.4, -0.2) is 36.2 Å². The lowest BCUT2D eigenvalue weighted by atomic mass is 9.86. The molecule has 8 nitrogen and oxygen atoms in total. The van der Waals surface area contributed by atoms with E-state index < -0.39 is 33.7 Å². The first kappa shape index (κ1) is 25.8. The molecule has 0 fully saturated rings. The molecule has 190 valence electrons. The van der Waals surface area contributed by atoms with Gasteiger partial charge in [0.25, 0.3) is 5.91 Å². The van der Waals surface area contributed by atoms with E-state index in [1.807, 2.05) is 6.92 Å². The third-order valence-electron chi connectivity index (χ3n) is 6.30. The minimum Gasteiger partial charge on any atom is -0.485 e. The van der Waals surface area contributed by atoms with E-state index in [4.69, 9.17) is 4.74 Å². The molecule has 0 aromatic heterocycles. The van der Waals surface area contributed by atoms with Gasteiger partial charge in [0.05, 0.1) is 17.5 Å². The van der Waals surface area contributed by atoms with E-state index in [9.17, 15) is 23.4 Å². The molecule has 1 aliphatic rings. The summed E-state index contributed by atoms with van der Waals surface area (Å²) >= 11 is 0. The minimum absolute atomic E-state index is 0.0791. The van der Waals surface area contributed by atoms with E-state index in [-0.39, 0.29) is 17.1 Å². The molecule has 1 aliphatic heterocycles. The second kappa shape index (κ2) is 10.0. The van der Waals surface area contributed by atoms with Crippen LogP contribution in [-0.2, 0) is 23.1 Å². The smallest absolute Gasteiger partial charge is 0.255 e. The highest BCUT2D eigenvalue weighted by atomic mass is 32.2. The quantitative estimate of drug-likeness (QED) is 0.385. The predicted molar refractivity (Wildman–Crippen MR) is 136 cm³/mol. The molecule has 4 N–H and O–H groups in total. The van der Waals surface area contributed by atoms with Gasteiger partial charge in [-0.05, 0) is 73.9 Å². The number of carbonyl (C=O) groups excluding carboxylic acids is 1. The number of sulfonamides is 1. The third-order valence-corrected chi connectivity index (χ3v) is 7.76. The average Bonchev–Trinajstić information content (AvgIpc) is 2.86. The lowest BCUT2D eigenvalue weighted by molar-refractivity contribution is -0.0603. The Hall–Kier alpha value is -3.24. The molecule has 4 rings (SSSR count). The number of anilines is 1. The Bertz CT molecular complexity index is 1370. The molecule has 1 amide bonds. The Morgan fingerprint density at radius 1 is 1.03 bits per heavy atom. The summed E-state index contributed by atoms with van der Waals surface area (Å²) in [6, 6.07) is 17.0. The molecule has 0 aliphatic carbocycles. The Balaban J connectivity index is 1.67. The molecule has 9 heteroatoms. The summed E-state index contributed by atoms with van der Waals surface area (Å²) in [6.07, 6.45) is -0.447. The number of amides is 1. The van der Waals surface area contributed by atoms with Crippen LogP contribution in [0.15, 0.2) is 71.6 Å². The topological polar surface area (TPSA) is 125 Å². The van der Waals surface area contributed by atoms with Crippen molar-refractivity contribution in [1.29, 1.82) is 0 Å². The fourth-order valence-electron chi connectivity index (χ4n) is 4.16. The van der Waals surface area contributed by atoms with E-state index >= 15 is 0 Å². The molecule has 1 heterocycles. The minimum atomic E-state index is -3.99. The Kier molecular flexibility index (Phi) is 7.19. The fraction of sp³-hybridized carbons (Fsp3) is 0.296. The van der Waals surface area contributed by atoms with Gasteiger partial charge in [-0.3, -0.25) is 4.79 Å². The van der Waals surface area contributed by atoms with Gasteiger partial charge in [-0.1, -0.05) is 31.2 Å². The van der Waals surface area contributed by atoms with Gasteiger partial charge < -0.3 is 20.3 Å². The van der Waals surface area contributed by atoms with Crippen molar-refractivity contribution in [1.82, 2.24) is 4.72 Å². The number of hydrogen-bond acceptors (Lipinski definition) is 6. The highest BCUT2D eigenvalue weighted by Crippen LogP contribution is 2.41. The van der Waals surface area contributed by atoms with Gasteiger partial charge >= 0.3 is 0 Å². The van der Waals surface area contributed by atoms with Crippen LogP contribution >= 0.6 is 0 Å². The van der Waals surface area contributed by atoms with Gasteiger partial charge in [0.2, 0.25) is 10.0 Å². The Labute approximate surface area is 211 Å². The van der Waals surface area contributed by atoms with Crippen LogP contribution in [0.4, 0.5) is 5.69 Å². The normalized spacial score (nSPS) is 18.7. The van der Waals surface area contributed by atoms with E-state index in [0.717, 1.165) is 12.0 Å². The number of aliphatic hydroxyl groups excluding tert-OH is 2. The molecular weight excluding hydrogens is 480 g/mol. The molecule has 36 heavy (non-hydrogen) atoms. The number of hydrogen-bond donors (Lipinski definition) is 4. The Morgan fingerprint density at radius 3 is 2.42 bits per heavy atom. The van der Waals surface area contributed by atoms with Crippen molar-refractivity contribution in [3.8, 4) is 5.75 Å². The van der Waals surface area contributed by atoms with Crippen molar-refractivity contribution in [2.75, 3.05) is 5.32 Å². The molecule has 0 unspecified atom stereocenters. The lowest BCUT2D eigenvalue weighted by Gasteiger charge is -2.42. The summed E-state index contributed by atoms with van der Waals surface area (Å²) in [5, 5.41) is 23.2. The van der Waals surface area contributed by atoms with Crippen molar-refractivity contribution in [3.63, 3.8) is 0 Å². The first-order valence-corrected chi connectivity index (χ1v) is 13.2. The van der Waals surface area contributed by atoms with Crippen LogP contribution in [0.25, 0.3) is 0 Å². The van der Waals surface area contributed by atoms with Gasteiger partial charge in [-0.15, -0.1) is 0 Å². The Morgan fingerprint density at radius 2 is 1.75 bits per heavy atom. The van der Waals surface area contributed by atoms with Gasteiger partial charge in [0, 0.05) is 16.8 Å². The number of nitrogens with one attached hydrogen (secondary N) is 2. The number of ether oxygens (including phenoxy) is 1. The van der Waals surface area contributed by atoms with Crippen molar-refractivity contribution >= 4 is 21.6 Å². The third kappa shape index (κ3) is 5.29. The first-order valence-electron chi connectivity index (χ1n) is 11.7. The van der Waals surface area contributed by atoms with Gasteiger partial charge in [-0.25, -0.2) is 13.1 Å². The maximum absolute atomic E-state index is 13.2. The average molecular weight is 511 g/mol. The number of carbonyl (C=O) groups is 1. The zero-order valence-corrected chi connectivity index (χ0v) is 21.2. The molecule has 3 aromatic rings. The lowest BCUT2D eigenvalue weighted by Crippen LogP contribution is -2.53. The van der Waals surface area contributed by atoms with E-state index in [0.29, 0.717) is 22.6 Å². The number of rotatable bonds is 7. The van der Waals surface area contributed by atoms with Gasteiger partial charge in [-0.2, -0.15) is 0 Å². The maximum atomic E-state index is 13.2. The summed E-state index contributed by atoms with van der Waals surface area (Å²) in [6.45, 7) is 5.17. The second-order valence-corrected chi connectivity index (χ2v) is 11.0. The van der Waals surface area contributed by atoms with Crippen LogP contribution in [0, 0.1) is 0 Å². The number of fused-ring (bicyclic) bond motifs is 1. The predicted octanol–water partition coefficient (Wildman–Crippen LogP) is 3.55. The van der Waals surface area contributed by atoms with Crippen LogP contribution in [0.1, 0.15) is 53.9 Å². The van der Waals surface area contributed by atoms with Crippen LogP contribution in [0.5, 0.6) is 5.75 Å². The molecule has 0 saturated carbocycles. The van der Waals surface area contributed by atoms with E-state index in [1.165, 1.54) is 18.2 Å². The van der Waals surface area contributed by atoms with Crippen LogP contribution in [0.3, 0.4) is 0 Å². The summed E-state index contributed by atoms with van der Waals surface area (Å²) < 4.78 is 35.0. The standard InChI is InChI=1S/C27H30N2O6S/c1-4-17-8-11-21(12-9-17)36(33,34)29-24-22-15-19(10-13-23(22)35-27(2,3)25(24)31)26(32)28-20-7-5-6-18(14-20)16-30/h5-15,24-25,29-31H,4,16H2,1-3H3,(H,28,32)/t24-,25+/m1/s1. The van der Waals surface area contributed by atoms with Gasteiger partial charge in [0.1, 0.15) is 17.5 Å². The zero-order chi connectivity index (χ0) is 26.1. The molecule has 0 radical (unpaired) electrons. The second-order valence-electron chi connectivity index (χ2n) is 9.31. The monoisotopic (exact) mass is 510 g/mol.